The lowest BCUT2D eigenvalue weighted by atomic mass is 10.1. The Kier molecular flexibility index (Phi) is 14.2. The molecular formula is C32H44N4O9. The van der Waals surface area contributed by atoms with Crippen LogP contribution in [0, 0.1) is 0 Å². The Morgan fingerprint density at radius 1 is 1.02 bits per heavy atom. The number of nitrogens with one attached hydrogen (secondary N) is 1. The zero-order chi connectivity index (χ0) is 32.8. The molecule has 1 fully saturated rings. The quantitative estimate of drug-likeness (QED) is 0.0825. The van der Waals surface area contributed by atoms with Crippen molar-refractivity contribution in [3.63, 3.8) is 0 Å². The molecule has 0 spiro atoms. The van der Waals surface area contributed by atoms with Gasteiger partial charge in [-0.1, -0.05) is 31.0 Å². The van der Waals surface area contributed by atoms with E-state index in [4.69, 9.17) is 15.2 Å². The van der Waals surface area contributed by atoms with Crippen molar-refractivity contribution in [2.24, 2.45) is 5.73 Å². The highest BCUT2D eigenvalue weighted by atomic mass is 16.6. The van der Waals surface area contributed by atoms with E-state index in [9.17, 15) is 34.5 Å². The van der Waals surface area contributed by atoms with Crippen molar-refractivity contribution in [1.82, 2.24) is 10.2 Å². The summed E-state index contributed by atoms with van der Waals surface area (Å²) < 4.78 is 10.6. The Morgan fingerprint density at radius 2 is 1.76 bits per heavy atom. The second-order valence-corrected chi connectivity index (χ2v) is 10.9. The number of carbonyl (C=O) groups excluding carboxylic acids is 4. The Labute approximate surface area is 262 Å². The number of carbonyl (C=O) groups is 4. The van der Waals surface area contributed by atoms with Crippen molar-refractivity contribution in [3.05, 3.63) is 59.2 Å². The van der Waals surface area contributed by atoms with Crippen LogP contribution in [0.1, 0.15) is 68.2 Å². The number of aryl methyl sites for hydroxylation is 1. The number of phenols is 1. The predicted octanol–water partition coefficient (Wildman–Crippen LogP) is 2.25. The minimum absolute atomic E-state index is 0.0154. The molecule has 0 radical (unpaired) electrons. The molecule has 1 aliphatic rings. The van der Waals surface area contributed by atoms with E-state index in [1.807, 2.05) is 12.1 Å². The molecule has 0 saturated carbocycles. The van der Waals surface area contributed by atoms with Crippen molar-refractivity contribution < 1.29 is 44.0 Å². The van der Waals surface area contributed by atoms with Crippen LogP contribution < -0.4 is 16.0 Å². The van der Waals surface area contributed by atoms with E-state index in [-0.39, 0.29) is 18.9 Å². The molecular weight excluding hydrogens is 584 g/mol. The number of aliphatic hydroxyl groups excluding tert-OH is 2. The lowest BCUT2D eigenvalue weighted by Crippen LogP contribution is -2.50. The molecule has 2 atom stereocenters. The van der Waals surface area contributed by atoms with Crippen molar-refractivity contribution in [3.8, 4) is 5.75 Å². The maximum Gasteiger partial charge on any atom is 0.335 e. The van der Waals surface area contributed by atoms with Gasteiger partial charge in [-0.3, -0.25) is 19.3 Å². The number of nitrogens with two attached hydrogens (primary N) is 1. The molecule has 1 heterocycles. The molecule has 246 valence electrons. The summed E-state index contributed by atoms with van der Waals surface area (Å²) in [5, 5.41) is 32.4. The molecule has 2 aromatic rings. The number of amides is 4. The second-order valence-electron chi connectivity index (χ2n) is 10.9. The highest BCUT2D eigenvalue weighted by molar-refractivity contribution is 6.14. The number of hydrogen-bond acceptors (Lipinski definition) is 10. The van der Waals surface area contributed by atoms with Crippen LogP contribution in [0.2, 0.25) is 0 Å². The highest BCUT2D eigenvalue weighted by Gasteiger charge is 2.45. The summed E-state index contributed by atoms with van der Waals surface area (Å²) >= 11 is 0. The van der Waals surface area contributed by atoms with Crippen LogP contribution in [0.15, 0.2) is 42.5 Å². The number of anilines is 1. The van der Waals surface area contributed by atoms with Crippen molar-refractivity contribution in [1.29, 1.82) is 0 Å². The monoisotopic (exact) mass is 628 g/mol. The van der Waals surface area contributed by atoms with Gasteiger partial charge in [-0.05, 0) is 74.0 Å². The average Bonchev–Trinajstić information content (AvgIpc) is 3.31. The SMILES string of the molecule is CC(=O)OC(C(N)=O)N1C(=O)CN(c2cccc(CCCCOCCCCCCNC[C@@H](O)c3ccc(O)c(CO)c3)c2)C1=O. The van der Waals surface area contributed by atoms with Crippen LogP contribution in [-0.2, 0) is 36.9 Å². The van der Waals surface area contributed by atoms with Gasteiger partial charge in [0.25, 0.3) is 18.0 Å². The van der Waals surface area contributed by atoms with Gasteiger partial charge in [0, 0.05) is 37.9 Å². The van der Waals surface area contributed by atoms with E-state index >= 15 is 0 Å². The third-order valence-electron chi connectivity index (χ3n) is 7.37. The number of primary amides is 1. The number of hydrogen-bond donors (Lipinski definition) is 5. The second kappa shape index (κ2) is 18.1. The lowest BCUT2D eigenvalue weighted by molar-refractivity contribution is -0.164. The number of nitrogens with zero attached hydrogens (tertiary/aromatic N) is 2. The predicted molar refractivity (Wildman–Crippen MR) is 165 cm³/mol. The summed E-state index contributed by atoms with van der Waals surface area (Å²) in [6, 6.07) is 11.2. The number of rotatable bonds is 20. The molecule has 0 aliphatic carbocycles. The van der Waals surface area contributed by atoms with Gasteiger partial charge >= 0.3 is 12.0 Å². The number of unbranched alkanes of at least 4 members (excludes halogenated alkanes) is 4. The topological polar surface area (TPSA) is 192 Å². The summed E-state index contributed by atoms with van der Waals surface area (Å²) in [6.45, 7) is 3.00. The highest BCUT2D eigenvalue weighted by Crippen LogP contribution is 2.25. The van der Waals surface area contributed by atoms with Crippen molar-refractivity contribution in [2.45, 2.75) is 70.8 Å². The van der Waals surface area contributed by atoms with Gasteiger partial charge in [-0.25, -0.2) is 9.69 Å². The van der Waals surface area contributed by atoms with Crippen LogP contribution >= 0.6 is 0 Å². The van der Waals surface area contributed by atoms with Gasteiger partial charge in [0.15, 0.2) is 0 Å². The zero-order valence-corrected chi connectivity index (χ0v) is 25.7. The van der Waals surface area contributed by atoms with Crippen LogP contribution in [-0.4, -0.2) is 83.1 Å². The maximum atomic E-state index is 12.9. The third kappa shape index (κ3) is 10.8. The van der Waals surface area contributed by atoms with E-state index in [0.29, 0.717) is 41.5 Å². The van der Waals surface area contributed by atoms with Crippen LogP contribution in [0.3, 0.4) is 0 Å². The fourth-order valence-corrected chi connectivity index (χ4v) is 4.96. The maximum absolute atomic E-state index is 12.9. The molecule has 2 aromatic carbocycles. The van der Waals surface area contributed by atoms with Gasteiger partial charge in [-0.15, -0.1) is 0 Å². The summed E-state index contributed by atoms with van der Waals surface area (Å²) in [7, 11) is 0. The Hall–Kier alpha value is -4.04. The van der Waals surface area contributed by atoms with E-state index < -0.39 is 36.1 Å². The molecule has 1 saturated heterocycles. The molecule has 6 N–H and O–H groups in total. The smallest absolute Gasteiger partial charge is 0.335 e. The van der Waals surface area contributed by atoms with Crippen LogP contribution in [0.25, 0.3) is 0 Å². The number of ether oxygens (including phenoxy) is 2. The van der Waals surface area contributed by atoms with E-state index in [1.165, 1.54) is 11.0 Å². The number of aliphatic hydroxyl groups is 2. The number of aromatic hydroxyl groups is 1. The summed E-state index contributed by atoms with van der Waals surface area (Å²) in [5.41, 5.74) is 7.78. The Morgan fingerprint density at radius 3 is 2.47 bits per heavy atom. The number of imide groups is 1. The number of benzene rings is 2. The molecule has 4 amide bonds. The zero-order valence-electron chi connectivity index (χ0n) is 25.7. The van der Waals surface area contributed by atoms with Crippen molar-refractivity contribution in [2.75, 3.05) is 37.7 Å². The molecule has 0 bridgehead atoms. The summed E-state index contributed by atoms with van der Waals surface area (Å²) in [4.78, 5) is 50.3. The fraction of sp³-hybridized carbons (Fsp3) is 0.500. The van der Waals surface area contributed by atoms with Gasteiger partial charge in [0.1, 0.15) is 12.3 Å². The molecule has 0 aromatic heterocycles. The Balaban J connectivity index is 1.25. The van der Waals surface area contributed by atoms with Crippen LogP contribution in [0.4, 0.5) is 10.5 Å². The standard InChI is InChI=1S/C32H44N4O9/c1-22(38)45-31(30(33)42)36-29(41)20-35(32(36)43)26-11-8-10-23(17-26)9-4-7-16-44-15-6-3-2-5-14-34-19-28(40)24-12-13-27(39)25(18-24)21-37/h8,10-13,17-18,28,31,34,37,39-40H,2-7,9,14-16,19-21H2,1H3,(H2,33,42)/t28-,31?/m1/s1. The largest absolute Gasteiger partial charge is 0.508 e. The molecule has 1 unspecified atom stereocenters. The first-order chi connectivity index (χ1) is 21.6. The van der Waals surface area contributed by atoms with E-state index in [0.717, 1.165) is 64.0 Å². The lowest BCUT2D eigenvalue weighted by Gasteiger charge is -2.23. The first-order valence-corrected chi connectivity index (χ1v) is 15.2. The van der Waals surface area contributed by atoms with Crippen LogP contribution in [0.5, 0.6) is 5.75 Å². The van der Waals surface area contributed by atoms with E-state index in [2.05, 4.69) is 5.32 Å². The minimum atomic E-state index is -1.79. The molecule has 13 heteroatoms. The molecule has 3 rings (SSSR count). The van der Waals surface area contributed by atoms with Gasteiger partial charge < -0.3 is 35.8 Å². The first kappa shape index (κ1) is 35.4. The molecule has 1 aliphatic heterocycles. The van der Waals surface area contributed by atoms with Gasteiger partial charge in [0.05, 0.1) is 12.7 Å². The number of urea groups is 1. The first-order valence-electron chi connectivity index (χ1n) is 15.2. The van der Waals surface area contributed by atoms with Gasteiger partial charge in [0.2, 0.25) is 0 Å². The third-order valence-corrected chi connectivity index (χ3v) is 7.37. The fourth-order valence-electron chi connectivity index (χ4n) is 4.96. The summed E-state index contributed by atoms with van der Waals surface area (Å²) in [6.07, 6.45) is 4.04. The minimum Gasteiger partial charge on any atom is -0.508 e. The molecule has 45 heavy (non-hydrogen) atoms. The normalized spacial score (nSPS) is 14.6. The van der Waals surface area contributed by atoms with Crippen molar-refractivity contribution >= 4 is 29.5 Å². The van der Waals surface area contributed by atoms with E-state index in [1.54, 1.807) is 24.3 Å². The molecule has 13 nitrogen and oxygen atoms in total. The average molecular weight is 629 g/mol. The Bertz CT molecular complexity index is 1310. The number of esters is 1. The summed E-state index contributed by atoms with van der Waals surface area (Å²) in [5.74, 6) is -2.63. The van der Waals surface area contributed by atoms with Gasteiger partial charge in [-0.2, -0.15) is 0 Å².